The van der Waals surface area contributed by atoms with E-state index in [0.717, 1.165) is 17.7 Å². The van der Waals surface area contributed by atoms with E-state index in [1.54, 1.807) is 12.1 Å². The molecule has 1 aromatic carbocycles. The molecule has 0 saturated carbocycles. The smallest absolute Gasteiger partial charge is 0.280 e. The van der Waals surface area contributed by atoms with E-state index in [0.29, 0.717) is 6.54 Å². The second kappa shape index (κ2) is 7.04. The van der Waals surface area contributed by atoms with E-state index >= 15 is 0 Å². The SMILES string of the molecule is O=C(CN1C(=O)c2cccnc2C1=O)NCCCc1ccccc1. The number of benzene rings is 1. The minimum atomic E-state index is -0.518. The van der Waals surface area contributed by atoms with Gasteiger partial charge in [0.1, 0.15) is 12.2 Å². The van der Waals surface area contributed by atoms with Gasteiger partial charge in [-0.2, -0.15) is 0 Å². The van der Waals surface area contributed by atoms with Gasteiger partial charge in [0, 0.05) is 12.7 Å². The number of carbonyl (C=O) groups excluding carboxylic acids is 3. The summed E-state index contributed by atoms with van der Waals surface area (Å²) < 4.78 is 0. The Balaban J connectivity index is 1.48. The fourth-order valence-corrected chi connectivity index (χ4v) is 2.62. The van der Waals surface area contributed by atoms with Crippen molar-refractivity contribution < 1.29 is 14.4 Å². The molecule has 0 spiro atoms. The molecule has 0 radical (unpaired) electrons. The molecule has 1 N–H and O–H groups in total. The molecular formula is C18H17N3O3. The average Bonchev–Trinajstić information content (AvgIpc) is 2.85. The van der Waals surface area contributed by atoms with E-state index in [4.69, 9.17) is 0 Å². The van der Waals surface area contributed by atoms with Crippen LogP contribution >= 0.6 is 0 Å². The maximum atomic E-state index is 12.1. The van der Waals surface area contributed by atoms with Crippen molar-refractivity contribution in [2.75, 3.05) is 13.1 Å². The van der Waals surface area contributed by atoms with Gasteiger partial charge < -0.3 is 5.32 Å². The number of aryl methyl sites for hydroxylation is 1. The van der Waals surface area contributed by atoms with Crippen molar-refractivity contribution in [2.45, 2.75) is 12.8 Å². The molecule has 6 nitrogen and oxygen atoms in total. The lowest BCUT2D eigenvalue weighted by molar-refractivity contribution is -0.121. The van der Waals surface area contributed by atoms with Gasteiger partial charge in [-0.1, -0.05) is 30.3 Å². The molecule has 122 valence electrons. The van der Waals surface area contributed by atoms with E-state index in [-0.39, 0.29) is 23.7 Å². The molecular weight excluding hydrogens is 306 g/mol. The Morgan fingerprint density at radius 2 is 1.83 bits per heavy atom. The van der Waals surface area contributed by atoms with Crippen molar-refractivity contribution >= 4 is 17.7 Å². The summed E-state index contributed by atoms with van der Waals surface area (Å²) in [6.45, 7) is 0.217. The Hall–Kier alpha value is -3.02. The molecule has 0 bridgehead atoms. The van der Waals surface area contributed by atoms with Crippen LogP contribution in [0.2, 0.25) is 0 Å². The molecule has 0 atom stereocenters. The Morgan fingerprint density at radius 1 is 1.04 bits per heavy atom. The normalized spacial score (nSPS) is 13.1. The van der Waals surface area contributed by atoms with Crippen LogP contribution < -0.4 is 5.32 Å². The number of fused-ring (bicyclic) bond motifs is 1. The predicted molar refractivity (Wildman–Crippen MR) is 87.4 cm³/mol. The van der Waals surface area contributed by atoms with Crippen LogP contribution in [0.15, 0.2) is 48.7 Å². The fourth-order valence-electron chi connectivity index (χ4n) is 2.62. The van der Waals surface area contributed by atoms with Gasteiger partial charge in [-0.05, 0) is 30.5 Å². The van der Waals surface area contributed by atoms with Crippen LogP contribution in [-0.2, 0) is 11.2 Å². The van der Waals surface area contributed by atoms with Crippen molar-refractivity contribution in [3.63, 3.8) is 0 Å². The zero-order chi connectivity index (χ0) is 16.9. The molecule has 2 heterocycles. The summed E-state index contributed by atoms with van der Waals surface area (Å²) in [5.41, 5.74) is 1.57. The molecule has 3 amide bonds. The van der Waals surface area contributed by atoms with Gasteiger partial charge in [0.2, 0.25) is 5.91 Å². The summed E-state index contributed by atoms with van der Waals surface area (Å²) in [6, 6.07) is 13.1. The molecule has 0 unspecified atom stereocenters. The first kappa shape index (κ1) is 15.9. The summed E-state index contributed by atoms with van der Waals surface area (Å²) in [6.07, 6.45) is 3.11. The van der Waals surface area contributed by atoms with Crippen LogP contribution in [0, 0.1) is 0 Å². The first-order chi connectivity index (χ1) is 11.7. The number of pyridine rings is 1. The van der Waals surface area contributed by atoms with Gasteiger partial charge in [0.25, 0.3) is 11.8 Å². The lowest BCUT2D eigenvalue weighted by atomic mass is 10.1. The minimum absolute atomic E-state index is 0.111. The molecule has 24 heavy (non-hydrogen) atoms. The Bertz CT molecular complexity index is 739. The summed E-state index contributed by atoms with van der Waals surface area (Å²) in [4.78, 5) is 41.1. The standard InChI is InChI=1S/C18H17N3O3/c22-15(19-10-4-8-13-6-2-1-3-7-13)12-21-17(23)14-9-5-11-20-16(14)18(21)24/h1-3,5-7,9,11H,4,8,10,12H2,(H,19,22). The number of amides is 3. The van der Waals surface area contributed by atoms with E-state index in [1.807, 2.05) is 30.3 Å². The molecule has 2 aromatic rings. The molecule has 1 aromatic heterocycles. The number of imide groups is 1. The fraction of sp³-hybridized carbons (Fsp3) is 0.222. The third kappa shape index (κ3) is 3.32. The number of carbonyl (C=O) groups is 3. The van der Waals surface area contributed by atoms with Crippen LogP contribution in [0.3, 0.4) is 0 Å². The second-order valence-electron chi connectivity index (χ2n) is 5.54. The van der Waals surface area contributed by atoms with Crippen molar-refractivity contribution in [3.05, 3.63) is 65.5 Å². The Labute approximate surface area is 139 Å². The maximum absolute atomic E-state index is 12.1. The van der Waals surface area contributed by atoms with Gasteiger partial charge in [-0.15, -0.1) is 0 Å². The quantitative estimate of drug-likeness (QED) is 0.644. The third-order valence-electron chi connectivity index (χ3n) is 3.84. The summed E-state index contributed by atoms with van der Waals surface area (Å²) >= 11 is 0. The molecule has 1 aliphatic rings. The average molecular weight is 323 g/mol. The lowest BCUT2D eigenvalue weighted by Gasteiger charge is -2.13. The Kier molecular flexibility index (Phi) is 4.65. The minimum Gasteiger partial charge on any atom is -0.355 e. The van der Waals surface area contributed by atoms with Crippen molar-refractivity contribution in [1.82, 2.24) is 15.2 Å². The summed E-state index contributed by atoms with van der Waals surface area (Å²) in [5.74, 6) is -1.34. The highest BCUT2D eigenvalue weighted by Crippen LogP contribution is 2.19. The van der Waals surface area contributed by atoms with Crippen molar-refractivity contribution in [3.8, 4) is 0 Å². The number of hydrogen-bond donors (Lipinski definition) is 1. The summed E-state index contributed by atoms with van der Waals surface area (Å²) in [5, 5.41) is 2.74. The highest BCUT2D eigenvalue weighted by Gasteiger charge is 2.37. The van der Waals surface area contributed by atoms with E-state index in [9.17, 15) is 14.4 Å². The largest absolute Gasteiger partial charge is 0.355 e. The molecule has 0 fully saturated rings. The lowest BCUT2D eigenvalue weighted by Crippen LogP contribution is -2.40. The van der Waals surface area contributed by atoms with Crippen molar-refractivity contribution in [2.24, 2.45) is 0 Å². The van der Waals surface area contributed by atoms with Gasteiger partial charge in [0.15, 0.2) is 0 Å². The van der Waals surface area contributed by atoms with Crippen molar-refractivity contribution in [1.29, 1.82) is 0 Å². The van der Waals surface area contributed by atoms with Crippen LogP contribution in [0.1, 0.15) is 32.8 Å². The molecule has 0 aliphatic carbocycles. The maximum Gasteiger partial charge on any atom is 0.280 e. The number of nitrogens with zero attached hydrogens (tertiary/aromatic N) is 2. The molecule has 3 rings (SSSR count). The molecule has 0 saturated heterocycles. The van der Waals surface area contributed by atoms with E-state index in [2.05, 4.69) is 10.3 Å². The third-order valence-corrected chi connectivity index (χ3v) is 3.84. The predicted octanol–water partition coefficient (Wildman–Crippen LogP) is 1.43. The first-order valence-corrected chi connectivity index (χ1v) is 7.78. The molecule has 1 aliphatic heterocycles. The monoisotopic (exact) mass is 323 g/mol. The van der Waals surface area contributed by atoms with Crippen LogP contribution in [0.5, 0.6) is 0 Å². The number of hydrogen-bond acceptors (Lipinski definition) is 4. The number of rotatable bonds is 6. The van der Waals surface area contributed by atoms with Crippen LogP contribution in [0.4, 0.5) is 0 Å². The van der Waals surface area contributed by atoms with Gasteiger partial charge in [-0.25, -0.2) is 0 Å². The van der Waals surface area contributed by atoms with Gasteiger partial charge in [0.05, 0.1) is 5.56 Å². The molecule has 6 heteroatoms. The second-order valence-corrected chi connectivity index (χ2v) is 5.54. The van der Waals surface area contributed by atoms with E-state index in [1.165, 1.54) is 11.8 Å². The van der Waals surface area contributed by atoms with E-state index < -0.39 is 11.8 Å². The first-order valence-electron chi connectivity index (χ1n) is 7.78. The number of aromatic nitrogens is 1. The highest BCUT2D eigenvalue weighted by molar-refractivity contribution is 6.21. The highest BCUT2D eigenvalue weighted by atomic mass is 16.2. The zero-order valence-corrected chi connectivity index (χ0v) is 13.1. The van der Waals surface area contributed by atoms with Gasteiger partial charge >= 0.3 is 0 Å². The van der Waals surface area contributed by atoms with Gasteiger partial charge in [-0.3, -0.25) is 24.3 Å². The van der Waals surface area contributed by atoms with Crippen LogP contribution in [0.25, 0.3) is 0 Å². The Morgan fingerprint density at radius 3 is 2.58 bits per heavy atom. The van der Waals surface area contributed by atoms with Crippen LogP contribution in [-0.4, -0.2) is 40.7 Å². The zero-order valence-electron chi connectivity index (χ0n) is 13.1. The topological polar surface area (TPSA) is 79.4 Å². The number of nitrogens with one attached hydrogen (secondary N) is 1. The summed E-state index contributed by atoms with van der Waals surface area (Å²) in [7, 11) is 0.